The van der Waals surface area contributed by atoms with Gasteiger partial charge in [0.05, 0.1) is 6.10 Å². The van der Waals surface area contributed by atoms with Crippen molar-refractivity contribution in [3.8, 4) is 0 Å². The second-order valence-corrected chi connectivity index (χ2v) is 5.28. The molecule has 1 aliphatic rings. The highest BCUT2D eigenvalue weighted by Gasteiger charge is 2.24. The van der Waals surface area contributed by atoms with E-state index >= 15 is 0 Å². The Hall–Kier alpha value is -1.01. The van der Waals surface area contributed by atoms with E-state index in [0.717, 1.165) is 12.2 Å². The Labute approximate surface area is 144 Å². The van der Waals surface area contributed by atoms with E-state index in [0.29, 0.717) is 26.1 Å². The smallest absolute Gasteiger partial charge is 0.221 e. The second kappa shape index (κ2) is 10.7. The Morgan fingerprint density at radius 3 is 2.68 bits per heavy atom. The summed E-state index contributed by atoms with van der Waals surface area (Å²) in [5.74, 6) is 0.147. The van der Waals surface area contributed by atoms with Crippen LogP contribution in [0.25, 0.3) is 0 Å². The number of para-hydroxylation sites is 1. The Bertz CT molecular complexity index is 460. The number of benzene rings is 1. The molecule has 0 saturated carbocycles. The SMILES string of the molecule is Cc1ccccc1NCCC(=O)NCC1CNCC1O.Cl.Cl. The molecule has 1 aliphatic heterocycles. The quantitative estimate of drug-likeness (QED) is 0.625. The van der Waals surface area contributed by atoms with E-state index in [-0.39, 0.29) is 42.7 Å². The maximum atomic E-state index is 11.7. The molecule has 2 unspecified atom stereocenters. The van der Waals surface area contributed by atoms with Crippen LogP contribution >= 0.6 is 24.8 Å². The summed E-state index contributed by atoms with van der Waals surface area (Å²) in [6.45, 7) is 4.58. The number of anilines is 1. The van der Waals surface area contributed by atoms with Gasteiger partial charge >= 0.3 is 0 Å². The minimum Gasteiger partial charge on any atom is -0.391 e. The first-order valence-corrected chi connectivity index (χ1v) is 7.12. The van der Waals surface area contributed by atoms with Crippen molar-refractivity contribution in [2.45, 2.75) is 19.4 Å². The molecule has 0 aliphatic carbocycles. The van der Waals surface area contributed by atoms with Crippen LogP contribution in [0.5, 0.6) is 0 Å². The molecule has 2 atom stereocenters. The molecule has 1 amide bonds. The third-order valence-electron chi connectivity index (χ3n) is 3.68. The number of β-amino-alcohol motifs (C(OH)–C–C–N with tert-alkyl or cyclic N) is 1. The van der Waals surface area contributed by atoms with E-state index in [1.807, 2.05) is 31.2 Å². The van der Waals surface area contributed by atoms with Crippen LogP contribution in [0.1, 0.15) is 12.0 Å². The van der Waals surface area contributed by atoms with Gasteiger partial charge in [0.2, 0.25) is 5.91 Å². The maximum Gasteiger partial charge on any atom is 0.221 e. The fourth-order valence-corrected chi connectivity index (χ4v) is 2.34. The molecule has 4 N–H and O–H groups in total. The van der Waals surface area contributed by atoms with Gasteiger partial charge < -0.3 is 21.1 Å². The Morgan fingerprint density at radius 1 is 1.32 bits per heavy atom. The lowest BCUT2D eigenvalue weighted by molar-refractivity contribution is -0.121. The predicted octanol–water partition coefficient (Wildman–Crippen LogP) is 1.34. The highest BCUT2D eigenvalue weighted by atomic mass is 35.5. The second-order valence-electron chi connectivity index (χ2n) is 5.28. The molecule has 1 heterocycles. The van der Waals surface area contributed by atoms with Crippen LogP contribution in [0, 0.1) is 12.8 Å². The van der Waals surface area contributed by atoms with E-state index in [4.69, 9.17) is 0 Å². The van der Waals surface area contributed by atoms with Crippen LogP contribution < -0.4 is 16.0 Å². The van der Waals surface area contributed by atoms with Crippen LogP contribution in [-0.4, -0.2) is 43.3 Å². The standard InChI is InChI=1S/C15H23N3O2.2ClH/c1-11-4-2-3-5-13(11)17-7-6-15(20)18-9-12-8-16-10-14(12)19;;/h2-5,12,14,16-17,19H,6-10H2,1H3,(H,18,20);2*1H. The molecule has 2 rings (SSSR count). The Morgan fingerprint density at radius 2 is 2.05 bits per heavy atom. The largest absolute Gasteiger partial charge is 0.391 e. The number of aryl methyl sites for hydroxylation is 1. The van der Waals surface area contributed by atoms with Crippen molar-refractivity contribution in [2.24, 2.45) is 5.92 Å². The molecule has 5 nitrogen and oxygen atoms in total. The molecule has 0 bridgehead atoms. The molecule has 126 valence electrons. The van der Waals surface area contributed by atoms with Crippen molar-refractivity contribution in [1.29, 1.82) is 0 Å². The molecule has 0 spiro atoms. The summed E-state index contributed by atoms with van der Waals surface area (Å²) in [6, 6.07) is 8.02. The van der Waals surface area contributed by atoms with Crippen molar-refractivity contribution in [3.05, 3.63) is 29.8 Å². The molecule has 0 radical (unpaired) electrons. The lowest BCUT2D eigenvalue weighted by Crippen LogP contribution is -2.35. The van der Waals surface area contributed by atoms with Gasteiger partial charge in [0, 0.05) is 44.2 Å². The summed E-state index contributed by atoms with van der Waals surface area (Å²) < 4.78 is 0. The average molecular weight is 350 g/mol. The molecule has 1 aromatic carbocycles. The highest BCUT2D eigenvalue weighted by Crippen LogP contribution is 2.12. The third-order valence-corrected chi connectivity index (χ3v) is 3.68. The summed E-state index contributed by atoms with van der Waals surface area (Å²) in [7, 11) is 0. The van der Waals surface area contributed by atoms with Crippen LogP contribution in [0.3, 0.4) is 0 Å². The maximum absolute atomic E-state index is 11.7. The number of aliphatic hydroxyl groups is 1. The minimum absolute atomic E-state index is 0. The Kier molecular flexibility index (Phi) is 10.2. The van der Waals surface area contributed by atoms with Crippen LogP contribution in [0.4, 0.5) is 5.69 Å². The number of amides is 1. The van der Waals surface area contributed by atoms with Gasteiger partial charge in [-0.1, -0.05) is 18.2 Å². The van der Waals surface area contributed by atoms with Gasteiger partial charge in [0.25, 0.3) is 0 Å². The Balaban J connectivity index is 0.00000220. The molecular formula is C15H25Cl2N3O2. The number of halogens is 2. The van der Waals surface area contributed by atoms with E-state index in [9.17, 15) is 9.90 Å². The number of rotatable bonds is 6. The summed E-state index contributed by atoms with van der Waals surface area (Å²) in [5, 5.41) is 18.9. The number of carbonyl (C=O) groups is 1. The molecule has 22 heavy (non-hydrogen) atoms. The first kappa shape index (κ1) is 21.0. The fourth-order valence-electron chi connectivity index (χ4n) is 2.34. The van der Waals surface area contributed by atoms with Gasteiger partial charge in [-0.15, -0.1) is 24.8 Å². The van der Waals surface area contributed by atoms with Gasteiger partial charge in [-0.25, -0.2) is 0 Å². The summed E-state index contributed by atoms with van der Waals surface area (Å²) in [4.78, 5) is 11.7. The molecule has 1 aromatic rings. The van der Waals surface area contributed by atoms with Crippen molar-refractivity contribution in [1.82, 2.24) is 10.6 Å². The predicted molar refractivity (Wildman–Crippen MR) is 94.2 cm³/mol. The number of nitrogens with one attached hydrogen (secondary N) is 3. The topological polar surface area (TPSA) is 73.4 Å². The van der Waals surface area contributed by atoms with Gasteiger partial charge in [-0.05, 0) is 18.6 Å². The van der Waals surface area contributed by atoms with Crippen molar-refractivity contribution in [3.63, 3.8) is 0 Å². The van der Waals surface area contributed by atoms with Crippen molar-refractivity contribution < 1.29 is 9.90 Å². The summed E-state index contributed by atoms with van der Waals surface area (Å²) in [5.41, 5.74) is 2.24. The highest BCUT2D eigenvalue weighted by molar-refractivity contribution is 5.85. The van der Waals surface area contributed by atoms with E-state index in [1.54, 1.807) is 0 Å². The average Bonchev–Trinajstić information content (AvgIpc) is 2.84. The lowest BCUT2D eigenvalue weighted by atomic mass is 10.1. The normalized spacial score (nSPS) is 19.7. The van der Waals surface area contributed by atoms with Crippen molar-refractivity contribution >= 4 is 36.4 Å². The van der Waals surface area contributed by atoms with E-state index < -0.39 is 0 Å². The first-order valence-electron chi connectivity index (χ1n) is 7.12. The summed E-state index contributed by atoms with van der Waals surface area (Å²) in [6.07, 6.45) is 0.0882. The fraction of sp³-hybridized carbons (Fsp3) is 0.533. The van der Waals surface area contributed by atoms with Crippen molar-refractivity contribution in [2.75, 3.05) is 31.5 Å². The van der Waals surface area contributed by atoms with Crippen LogP contribution in [-0.2, 0) is 4.79 Å². The number of hydrogen-bond acceptors (Lipinski definition) is 4. The molecule has 1 fully saturated rings. The number of hydrogen-bond donors (Lipinski definition) is 4. The molecule has 7 heteroatoms. The molecular weight excluding hydrogens is 325 g/mol. The monoisotopic (exact) mass is 349 g/mol. The number of aliphatic hydroxyl groups excluding tert-OH is 1. The zero-order chi connectivity index (χ0) is 14.4. The first-order chi connectivity index (χ1) is 9.66. The molecule has 0 aromatic heterocycles. The summed E-state index contributed by atoms with van der Waals surface area (Å²) >= 11 is 0. The van der Waals surface area contributed by atoms with Gasteiger partial charge in [0.15, 0.2) is 0 Å². The van der Waals surface area contributed by atoms with Gasteiger partial charge in [-0.3, -0.25) is 4.79 Å². The van der Waals surface area contributed by atoms with E-state index in [1.165, 1.54) is 5.56 Å². The van der Waals surface area contributed by atoms with Gasteiger partial charge in [0.1, 0.15) is 0 Å². The van der Waals surface area contributed by atoms with E-state index in [2.05, 4.69) is 16.0 Å². The zero-order valence-corrected chi connectivity index (χ0v) is 14.3. The minimum atomic E-state index is -0.347. The van der Waals surface area contributed by atoms with Gasteiger partial charge in [-0.2, -0.15) is 0 Å². The number of carbonyl (C=O) groups excluding carboxylic acids is 1. The zero-order valence-electron chi connectivity index (χ0n) is 12.7. The third kappa shape index (κ3) is 6.40. The van der Waals surface area contributed by atoms with Crippen LogP contribution in [0.2, 0.25) is 0 Å². The lowest BCUT2D eigenvalue weighted by Gasteiger charge is -2.14. The van der Waals surface area contributed by atoms with Crippen LogP contribution in [0.15, 0.2) is 24.3 Å². The molecule has 1 saturated heterocycles.